The molecule has 0 aromatic heterocycles. The van der Waals surface area contributed by atoms with Crippen molar-refractivity contribution in [2.45, 2.75) is 46.1 Å². The molecule has 0 saturated heterocycles. The van der Waals surface area contributed by atoms with Crippen molar-refractivity contribution in [1.29, 1.82) is 0 Å². The Morgan fingerprint density at radius 2 is 1.83 bits per heavy atom. The third-order valence-electron chi connectivity index (χ3n) is 3.88. The number of hydrogen-bond donors (Lipinski definition) is 2. The Morgan fingerprint density at radius 3 is 2.34 bits per heavy atom. The predicted molar refractivity (Wildman–Crippen MR) is 95.8 cm³/mol. The van der Waals surface area contributed by atoms with Crippen LogP contribution >= 0.6 is 0 Å². The lowest BCUT2D eigenvalue weighted by atomic mass is 9.98. The molecule has 0 heterocycles. The van der Waals surface area contributed by atoms with Gasteiger partial charge in [0.1, 0.15) is 0 Å². The molecule has 1 rings (SSSR count). The summed E-state index contributed by atoms with van der Waals surface area (Å²) in [7, 11) is 0. The number of hydrogen-bond acceptors (Lipinski definition) is 5. The lowest BCUT2D eigenvalue weighted by Crippen LogP contribution is -2.38. The summed E-state index contributed by atoms with van der Waals surface area (Å²) >= 11 is 0. The van der Waals surface area contributed by atoms with E-state index in [0.29, 0.717) is 0 Å². The Kier molecular flexibility index (Phi) is 8.93. The van der Waals surface area contributed by atoms with E-state index in [1.807, 2.05) is 0 Å². The highest BCUT2D eigenvalue weighted by Crippen LogP contribution is 2.30. The van der Waals surface area contributed by atoms with Crippen LogP contribution in [0.3, 0.4) is 0 Å². The van der Waals surface area contributed by atoms with E-state index in [2.05, 4.69) is 5.32 Å². The van der Waals surface area contributed by atoms with Crippen LogP contribution < -0.4 is 5.32 Å². The smallest absolute Gasteiger partial charge is 0.416 e. The molecule has 0 fully saturated rings. The van der Waals surface area contributed by atoms with E-state index in [0.717, 1.165) is 12.1 Å². The van der Waals surface area contributed by atoms with Crippen LogP contribution in [0.15, 0.2) is 24.3 Å². The number of alkyl halides is 3. The summed E-state index contributed by atoms with van der Waals surface area (Å²) in [6.45, 7) is 4.52. The van der Waals surface area contributed by atoms with Gasteiger partial charge in [-0.05, 0) is 18.1 Å². The molecule has 0 unspecified atom stereocenters. The minimum absolute atomic E-state index is 0.0896. The van der Waals surface area contributed by atoms with Gasteiger partial charge in [0.2, 0.25) is 0 Å². The summed E-state index contributed by atoms with van der Waals surface area (Å²) in [5, 5.41) is 11.6. The third-order valence-corrected chi connectivity index (χ3v) is 3.88. The predicted octanol–water partition coefficient (Wildman–Crippen LogP) is 3.61. The van der Waals surface area contributed by atoms with Gasteiger partial charge in [-0.3, -0.25) is 9.59 Å². The Hall–Kier alpha value is -2.78. The first-order valence-electron chi connectivity index (χ1n) is 8.96. The molecule has 1 amide bonds. The molecule has 1 aromatic rings. The van der Waals surface area contributed by atoms with Gasteiger partial charge in [-0.15, -0.1) is 0 Å². The van der Waals surface area contributed by atoms with Crippen molar-refractivity contribution in [1.82, 2.24) is 5.32 Å². The summed E-state index contributed by atoms with van der Waals surface area (Å²) < 4.78 is 48.4. The monoisotopic (exact) mass is 419 g/mol. The molecule has 10 heteroatoms. The molecule has 0 bridgehead atoms. The highest BCUT2D eigenvalue weighted by Gasteiger charge is 2.31. The Balaban J connectivity index is 2.72. The molecular formula is C19H24F3NO6. The number of nitrogens with one attached hydrogen (secondary N) is 1. The quantitative estimate of drug-likeness (QED) is 0.468. The Labute approximate surface area is 166 Å². The molecule has 162 valence electrons. The second-order valence-electron chi connectivity index (χ2n) is 6.68. The van der Waals surface area contributed by atoms with E-state index in [4.69, 9.17) is 9.47 Å². The van der Waals surface area contributed by atoms with Gasteiger partial charge < -0.3 is 19.9 Å². The topological polar surface area (TPSA) is 102 Å². The summed E-state index contributed by atoms with van der Waals surface area (Å²) in [6, 6.07) is 4.32. The van der Waals surface area contributed by atoms with Crippen molar-refractivity contribution in [3.63, 3.8) is 0 Å². The molecule has 1 aromatic carbocycles. The van der Waals surface area contributed by atoms with Crippen molar-refractivity contribution in [3.8, 4) is 0 Å². The SMILES string of the molecule is CCC(=O)O[C@H](OC(=O)NC[C@H](Cc1cccc(C(F)(F)F)c1)C(=O)O)C(C)C. The number of rotatable bonds is 9. The summed E-state index contributed by atoms with van der Waals surface area (Å²) in [5.74, 6) is -3.37. The molecular weight excluding hydrogens is 395 g/mol. The van der Waals surface area contributed by atoms with Gasteiger partial charge in [-0.1, -0.05) is 39.0 Å². The molecule has 29 heavy (non-hydrogen) atoms. The fourth-order valence-corrected chi connectivity index (χ4v) is 2.27. The Bertz CT molecular complexity index is 720. The number of carboxylic acids is 1. The second kappa shape index (κ2) is 10.7. The maximum Gasteiger partial charge on any atom is 0.416 e. The van der Waals surface area contributed by atoms with Gasteiger partial charge in [-0.25, -0.2) is 4.79 Å². The number of carbonyl (C=O) groups excluding carboxylic acids is 2. The number of benzene rings is 1. The lowest BCUT2D eigenvalue weighted by Gasteiger charge is -2.22. The zero-order valence-corrected chi connectivity index (χ0v) is 16.3. The van der Waals surface area contributed by atoms with Gasteiger partial charge in [0, 0.05) is 18.9 Å². The fraction of sp³-hybridized carbons (Fsp3) is 0.526. The number of aliphatic carboxylic acids is 1. The van der Waals surface area contributed by atoms with Crippen LogP contribution in [-0.2, 0) is 31.7 Å². The van der Waals surface area contributed by atoms with Crippen LogP contribution in [0.5, 0.6) is 0 Å². The molecule has 7 nitrogen and oxygen atoms in total. The molecule has 0 aliphatic rings. The summed E-state index contributed by atoms with van der Waals surface area (Å²) in [4.78, 5) is 34.7. The molecule has 2 atom stereocenters. The highest BCUT2D eigenvalue weighted by atomic mass is 19.4. The highest BCUT2D eigenvalue weighted by molar-refractivity contribution is 5.73. The zero-order chi connectivity index (χ0) is 22.2. The van der Waals surface area contributed by atoms with Crippen LogP contribution in [0.1, 0.15) is 38.3 Å². The normalized spacial score (nSPS) is 13.5. The number of carbonyl (C=O) groups is 3. The largest absolute Gasteiger partial charge is 0.481 e. The number of ether oxygens (including phenoxy) is 2. The number of carboxylic acid groups (broad SMARTS) is 1. The van der Waals surface area contributed by atoms with E-state index in [1.54, 1.807) is 20.8 Å². The number of esters is 1. The average molecular weight is 419 g/mol. The molecule has 0 saturated carbocycles. The molecule has 0 aliphatic heterocycles. The van der Waals surface area contributed by atoms with Crippen LogP contribution in [0.25, 0.3) is 0 Å². The number of alkyl carbamates (subject to hydrolysis) is 1. The van der Waals surface area contributed by atoms with Crippen molar-refractivity contribution >= 4 is 18.0 Å². The van der Waals surface area contributed by atoms with E-state index >= 15 is 0 Å². The number of amides is 1. The molecule has 0 radical (unpaired) electrons. The van der Waals surface area contributed by atoms with E-state index in [9.17, 15) is 32.7 Å². The van der Waals surface area contributed by atoms with E-state index < -0.39 is 42.0 Å². The van der Waals surface area contributed by atoms with E-state index in [-0.39, 0.29) is 30.9 Å². The van der Waals surface area contributed by atoms with Crippen molar-refractivity contribution in [2.24, 2.45) is 11.8 Å². The van der Waals surface area contributed by atoms with Gasteiger partial charge in [0.05, 0.1) is 11.5 Å². The zero-order valence-electron chi connectivity index (χ0n) is 16.3. The van der Waals surface area contributed by atoms with Crippen LogP contribution in [0.2, 0.25) is 0 Å². The van der Waals surface area contributed by atoms with Crippen LogP contribution in [-0.4, -0.2) is 36.0 Å². The molecule has 2 N–H and O–H groups in total. The fourth-order valence-electron chi connectivity index (χ4n) is 2.27. The molecule has 0 aliphatic carbocycles. The number of halogens is 3. The van der Waals surface area contributed by atoms with Crippen LogP contribution in [0.4, 0.5) is 18.0 Å². The van der Waals surface area contributed by atoms with Gasteiger partial charge in [0.15, 0.2) is 0 Å². The lowest BCUT2D eigenvalue weighted by molar-refractivity contribution is -0.174. The maximum absolute atomic E-state index is 12.8. The van der Waals surface area contributed by atoms with Crippen molar-refractivity contribution in [3.05, 3.63) is 35.4 Å². The Morgan fingerprint density at radius 1 is 1.17 bits per heavy atom. The van der Waals surface area contributed by atoms with E-state index in [1.165, 1.54) is 12.1 Å². The minimum atomic E-state index is -4.54. The summed E-state index contributed by atoms with van der Waals surface area (Å²) in [5.41, 5.74) is -0.719. The third kappa shape index (κ3) is 8.41. The second-order valence-corrected chi connectivity index (χ2v) is 6.68. The van der Waals surface area contributed by atoms with Gasteiger partial charge >= 0.3 is 24.2 Å². The first-order valence-corrected chi connectivity index (χ1v) is 8.96. The maximum atomic E-state index is 12.8. The minimum Gasteiger partial charge on any atom is -0.481 e. The van der Waals surface area contributed by atoms with Crippen molar-refractivity contribution in [2.75, 3.05) is 6.54 Å². The van der Waals surface area contributed by atoms with Gasteiger partial charge in [0.25, 0.3) is 6.29 Å². The molecule has 0 spiro atoms. The van der Waals surface area contributed by atoms with Crippen molar-refractivity contribution < 1.29 is 42.1 Å². The standard InChI is InChI=1S/C19H24F3NO6/c1-4-15(24)28-17(11(2)3)29-18(27)23-10-13(16(25)26)8-12-6-5-7-14(9-12)19(20,21)22/h5-7,9,11,13,17H,4,8,10H2,1-3H3,(H,23,27)(H,25,26)/t13-,17+/m0/s1. The summed E-state index contributed by atoms with van der Waals surface area (Å²) in [6.07, 6.45) is -6.82. The first-order chi connectivity index (χ1) is 13.4. The first kappa shape index (κ1) is 24.3. The van der Waals surface area contributed by atoms with Gasteiger partial charge in [-0.2, -0.15) is 13.2 Å². The van der Waals surface area contributed by atoms with Crippen LogP contribution in [0, 0.1) is 11.8 Å². The average Bonchev–Trinajstić information content (AvgIpc) is 2.63.